The zero-order chi connectivity index (χ0) is 19.1. The minimum atomic E-state index is -0.500. The van der Waals surface area contributed by atoms with Crippen LogP contribution in [0.25, 0.3) is 0 Å². The SMILES string of the molecule is CC[C@H](NC)c1ccc(C2C(O)CC(Cl)C3NC(=O)C4SC=CC4C32)cc1. The molecule has 146 valence electrons. The van der Waals surface area contributed by atoms with Gasteiger partial charge in [0.05, 0.1) is 16.7 Å². The minimum Gasteiger partial charge on any atom is -0.392 e. The number of carbonyl (C=O) groups excluding carboxylic acids is 1. The van der Waals surface area contributed by atoms with Crippen LogP contribution in [0.3, 0.4) is 0 Å². The lowest BCUT2D eigenvalue weighted by atomic mass is 9.63. The van der Waals surface area contributed by atoms with Crippen LogP contribution in [0, 0.1) is 11.8 Å². The Kier molecular flexibility index (Phi) is 5.57. The Bertz CT molecular complexity index is 721. The molecule has 2 heterocycles. The van der Waals surface area contributed by atoms with Crippen LogP contribution < -0.4 is 10.6 Å². The number of allylic oxidation sites excluding steroid dienone is 1. The highest BCUT2D eigenvalue weighted by atomic mass is 35.5. The number of benzene rings is 1. The zero-order valence-electron chi connectivity index (χ0n) is 15.6. The predicted octanol–water partition coefficient (Wildman–Crippen LogP) is 3.17. The topological polar surface area (TPSA) is 61.4 Å². The monoisotopic (exact) mass is 406 g/mol. The summed E-state index contributed by atoms with van der Waals surface area (Å²) < 4.78 is 0. The van der Waals surface area contributed by atoms with Crippen LogP contribution in [0.2, 0.25) is 0 Å². The van der Waals surface area contributed by atoms with Gasteiger partial charge in [-0.1, -0.05) is 37.3 Å². The van der Waals surface area contributed by atoms with Gasteiger partial charge in [0.1, 0.15) is 0 Å². The third-order valence-corrected chi connectivity index (χ3v) is 8.05. The summed E-state index contributed by atoms with van der Waals surface area (Å²) in [5.41, 5.74) is 2.39. The third-order valence-electron chi connectivity index (χ3n) is 6.47. The molecular formula is C21H27ClN2O2S. The van der Waals surface area contributed by atoms with Gasteiger partial charge in [-0.25, -0.2) is 0 Å². The number of piperidine rings is 1. The number of hydrogen-bond donors (Lipinski definition) is 3. The van der Waals surface area contributed by atoms with E-state index in [1.165, 1.54) is 5.56 Å². The number of halogens is 1. The molecule has 3 aliphatic rings. The standard InChI is InChI=1S/C21H27ClN2O2S/c1-3-15(23-2)11-4-6-12(7-5-11)17-16(25)10-14(22)19-18(17)13-8-9-27-20(13)21(26)24-19/h4-9,13-20,23,25H,3,10H2,1-2H3,(H,24,26)/t13?,14?,15-,16?,17?,18?,19?,20?/m0/s1. The molecule has 0 spiro atoms. The summed E-state index contributed by atoms with van der Waals surface area (Å²) in [7, 11) is 1.98. The van der Waals surface area contributed by atoms with Crippen molar-refractivity contribution in [2.75, 3.05) is 7.05 Å². The maximum atomic E-state index is 12.5. The number of thioether (sulfide) groups is 1. The van der Waals surface area contributed by atoms with E-state index < -0.39 is 6.10 Å². The van der Waals surface area contributed by atoms with Crippen molar-refractivity contribution in [2.24, 2.45) is 11.8 Å². The van der Waals surface area contributed by atoms with E-state index in [2.05, 4.69) is 47.9 Å². The summed E-state index contributed by atoms with van der Waals surface area (Å²) in [5.74, 6) is 0.287. The molecule has 1 saturated carbocycles. The van der Waals surface area contributed by atoms with Crippen LogP contribution in [-0.2, 0) is 4.79 Å². The molecule has 3 N–H and O–H groups in total. The highest BCUT2D eigenvalue weighted by molar-refractivity contribution is 8.03. The van der Waals surface area contributed by atoms with E-state index in [0.717, 1.165) is 12.0 Å². The first kappa shape index (κ1) is 19.3. The van der Waals surface area contributed by atoms with Gasteiger partial charge in [-0.3, -0.25) is 4.79 Å². The number of rotatable bonds is 4. The minimum absolute atomic E-state index is 0.0230. The molecule has 1 amide bonds. The van der Waals surface area contributed by atoms with Crippen molar-refractivity contribution < 1.29 is 9.90 Å². The van der Waals surface area contributed by atoms with Gasteiger partial charge in [-0.05, 0) is 42.3 Å². The second-order valence-corrected chi connectivity index (χ2v) is 9.45. The Morgan fingerprint density at radius 3 is 2.78 bits per heavy atom. The maximum absolute atomic E-state index is 12.5. The molecule has 2 fully saturated rings. The van der Waals surface area contributed by atoms with Gasteiger partial charge in [-0.2, -0.15) is 0 Å². The number of carbonyl (C=O) groups is 1. The molecule has 27 heavy (non-hydrogen) atoms. The normalized spacial score (nSPS) is 38.8. The molecule has 4 nitrogen and oxygen atoms in total. The van der Waals surface area contributed by atoms with Crippen molar-refractivity contribution >= 4 is 29.3 Å². The molecule has 8 atom stereocenters. The molecule has 0 radical (unpaired) electrons. The van der Waals surface area contributed by atoms with Crippen LogP contribution >= 0.6 is 23.4 Å². The molecule has 1 saturated heterocycles. The van der Waals surface area contributed by atoms with Crippen molar-refractivity contribution in [3.8, 4) is 0 Å². The van der Waals surface area contributed by atoms with E-state index in [9.17, 15) is 9.90 Å². The van der Waals surface area contributed by atoms with Crippen LogP contribution in [0.15, 0.2) is 35.7 Å². The first-order valence-electron chi connectivity index (χ1n) is 9.77. The zero-order valence-corrected chi connectivity index (χ0v) is 17.2. The van der Waals surface area contributed by atoms with Gasteiger partial charge in [0, 0.05) is 23.9 Å². The summed E-state index contributed by atoms with van der Waals surface area (Å²) in [6, 6.07) is 8.85. The van der Waals surface area contributed by atoms with Crippen LogP contribution in [0.5, 0.6) is 0 Å². The fourth-order valence-corrected chi connectivity index (χ4v) is 6.64. The van der Waals surface area contributed by atoms with Crippen molar-refractivity contribution in [3.05, 3.63) is 46.9 Å². The van der Waals surface area contributed by atoms with Crippen LogP contribution in [-0.4, -0.2) is 40.8 Å². The van der Waals surface area contributed by atoms with Crippen molar-refractivity contribution in [1.82, 2.24) is 10.6 Å². The van der Waals surface area contributed by atoms with Gasteiger partial charge in [0.25, 0.3) is 0 Å². The lowest BCUT2D eigenvalue weighted by Crippen LogP contribution is -2.63. The fourth-order valence-electron chi connectivity index (χ4n) is 5.14. The Morgan fingerprint density at radius 1 is 1.37 bits per heavy atom. The predicted molar refractivity (Wildman–Crippen MR) is 111 cm³/mol. The number of aliphatic hydroxyl groups is 1. The number of amides is 1. The molecule has 2 aliphatic heterocycles. The van der Waals surface area contributed by atoms with Gasteiger partial charge in [-0.15, -0.1) is 23.4 Å². The quantitative estimate of drug-likeness (QED) is 0.672. The second-order valence-electron chi connectivity index (χ2n) is 7.84. The van der Waals surface area contributed by atoms with Crippen molar-refractivity contribution in [1.29, 1.82) is 0 Å². The van der Waals surface area contributed by atoms with E-state index in [-0.39, 0.29) is 40.3 Å². The second kappa shape index (κ2) is 7.78. The Hall–Kier alpha value is -1.01. The lowest BCUT2D eigenvalue weighted by Gasteiger charge is -2.50. The summed E-state index contributed by atoms with van der Waals surface area (Å²) in [4.78, 5) is 12.5. The highest BCUT2D eigenvalue weighted by Crippen LogP contribution is 2.51. The first-order valence-corrected chi connectivity index (χ1v) is 11.1. The molecular weight excluding hydrogens is 380 g/mol. The van der Waals surface area contributed by atoms with Crippen LogP contribution in [0.1, 0.15) is 42.9 Å². The first-order chi connectivity index (χ1) is 13.0. The summed E-state index contributed by atoms with van der Waals surface area (Å²) >= 11 is 8.16. The maximum Gasteiger partial charge on any atom is 0.234 e. The van der Waals surface area contributed by atoms with E-state index in [1.807, 2.05) is 12.5 Å². The largest absolute Gasteiger partial charge is 0.392 e. The van der Waals surface area contributed by atoms with E-state index in [4.69, 9.17) is 11.6 Å². The summed E-state index contributed by atoms with van der Waals surface area (Å²) in [5, 5.41) is 19.1. The van der Waals surface area contributed by atoms with Crippen molar-refractivity contribution in [2.45, 2.75) is 54.5 Å². The number of nitrogens with one attached hydrogen (secondary N) is 2. The molecule has 0 aromatic heterocycles. The molecule has 6 heteroatoms. The third kappa shape index (κ3) is 3.33. The average molecular weight is 407 g/mol. The smallest absolute Gasteiger partial charge is 0.234 e. The fraction of sp³-hybridized carbons (Fsp3) is 0.571. The molecule has 1 aliphatic carbocycles. The number of hydrogen-bond acceptors (Lipinski definition) is 4. The average Bonchev–Trinajstić information content (AvgIpc) is 3.15. The molecule has 7 unspecified atom stereocenters. The van der Waals surface area contributed by atoms with Crippen molar-refractivity contribution in [3.63, 3.8) is 0 Å². The molecule has 1 aromatic rings. The number of fused-ring (bicyclic) bond motifs is 3. The molecule has 4 rings (SSSR count). The molecule has 1 aromatic carbocycles. The van der Waals surface area contributed by atoms with Gasteiger partial charge in [0.2, 0.25) is 5.91 Å². The van der Waals surface area contributed by atoms with Crippen LogP contribution in [0.4, 0.5) is 0 Å². The Morgan fingerprint density at radius 2 is 2.11 bits per heavy atom. The number of aliphatic hydroxyl groups excluding tert-OH is 1. The van der Waals surface area contributed by atoms with E-state index in [1.54, 1.807) is 11.8 Å². The van der Waals surface area contributed by atoms with Gasteiger partial charge in [0.15, 0.2) is 0 Å². The van der Waals surface area contributed by atoms with E-state index in [0.29, 0.717) is 12.5 Å². The molecule has 0 bridgehead atoms. The van der Waals surface area contributed by atoms with Gasteiger partial charge < -0.3 is 15.7 Å². The summed E-state index contributed by atoms with van der Waals surface area (Å²) in [6.45, 7) is 2.17. The number of alkyl halides is 1. The Labute approximate surface area is 170 Å². The van der Waals surface area contributed by atoms with Gasteiger partial charge >= 0.3 is 0 Å². The van der Waals surface area contributed by atoms with E-state index >= 15 is 0 Å². The lowest BCUT2D eigenvalue weighted by molar-refractivity contribution is -0.126. The Balaban J connectivity index is 1.68. The highest BCUT2D eigenvalue weighted by Gasteiger charge is 2.54. The summed E-state index contributed by atoms with van der Waals surface area (Å²) in [6.07, 6.45) is 3.17.